The van der Waals surface area contributed by atoms with Crippen molar-refractivity contribution in [3.8, 4) is 11.4 Å². The van der Waals surface area contributed by atoms with Crippen molar-refractivity contribution in [2.45, 2.75) is 6.92 Å². The van der Waals surface area contributed by atoms with Crippen molar-refractivity contribution in [3.63, 3.8) is 0 Å². The van der Waals surface area contributed by atoms with Crippen LogP contribution in [0.25, 0.3) is 15.9 Å². The van der Waals surface area contributed by atoms with Crippen LogP contribution in [0.2, 0.25) is 5.02 Å². The molecule has 0 bridgehead atoms. The largest absolute Gasteiger partial charge is 0.490 e. The van der Waals surface area contributed by atoms with Crippen LogP contribution in [0.1, 0.15) is 15.4 Å². The van der Waals surface area contributed by atoms with Crippen LogP contribution in [-0.4, -0.2) is 29.0 Å². The Morgan fingerprint density at radius 2 is 1.97 bits per heavy atom. The van der Waals surface area contributed by atoms with Crippen LogP contribution < -0.4 is 4.74 Å². The van der Waals surface area contributed by atoms with E-state index in [9.17, 15) is 4.79 Å². The second-order valence-corrected chi connectivity index (χ2v) is 8.63. The third kappa shape index (κ3) is 4.47. The zero-order valence-corrected chi connectivity index (χ0v) is 18.6. The van der Waals surface area contributed by atoms with Gasteiger partial charge >= 0.3 is 5.97 Å². The van der Waals surface area contributed by atoms with Gasteiger partial charge in [-0.3, -0.25) is 0 Å². The van der Waals surface area contributed by atoms with E-state index >= 15 is 0 Å². The number of benzene rings is 2. The van der Waals surface area contributed by atoms with Crippen LogP contribution >= 0.6 is 38.9 Å². The predicted octanol–water partition coefficient (Wildman–Crippen LogP) is 6.05. The van der Waals surface area contributed by atoms with Gasteiger partial charge in [0.1, 0.15) is 28.7 Å². The minimum atomic E-state index is -0.373. The standard InChI is InChI=1S/C21H16BrClN2O3S/c1-13-18-12-19(21(26)28-10-9-27-17-7-5-14(22)6-8-17)29-20(18)25(24-13)16-4-2-3-15(23)11-16/h2-8,11-12H,9-10H2,1H3. The Bertz CT molecular complexity index is 1170. The lowest BCUT2D eigenvalue weighted by Gasteiger charge is -2.07. The van der Waals surface area contributed by atoms with Gasteiger partial charge in [0, 0.05) is 14.9 Å². The topological polar surface area (TPSA) is 53.4 Å². The Kier molecular flexibility index (Phi) is 5.89. The molecule has 0 atom stereocenters. The summed E-state index contributed by atoms with van der Waals surface area (Å²) in [5.74, 6) is 0.353. The number of hydrogen-bond donors (Lipinski definition) is 0. The molecule has 0 fully saturated rings. The molecule has 8 heteroatoms. The van der Waals surface area contributed by atoms with Crippen LogP contribution in [0.5, 0.6) is 5.75 Å². The number of carbonyl (C=O) groups is 1. The minimum absolute atomic E-state index is 0.169. The molecule has 0 amide bonds. The van der Waals surface area contributed by atoms with Crippen LogP contribution in [0.4, 0.5) is 0 Å². The summed E-state index contributed by atoms with van der Waals surface area (Å²) in [7, 11) is 0. The number of carbonyl (C=O) groups excluding carboxylic acids is 1. The average Bonchev–Trinajstić information content (AvgIpc) is 3.27. The highest BCUT2D eigenvalue weighted by Gasteiger charge is 2.18. The third-order valence-electron chi connectivity index (χ3n) is 4.20. The molecule has 0 aliphatic rings. The summed E-state index contributed by atoms with van der Waals surface area (Å²) in [5.41, 5.74) is 1.69. The Morgan fingerprint density at radius 3 is 2.72 bits per heavy atom. The Labute approximate surface area is 184 Å². The Balaban J connectivity index is 1.44. The van der Waals surface area contributed by atoms with Crippen molar-refractivity contribution in [2.24, 2.45) is 0 Å². The van der Waals surface area contributed by atoms with Gasteiger partial charge in [-0.1, -0.05) is 33.6 Å². The molecular weight excluding hydrogens is 476 g/mol. The molecule has 0 aliphatic carbocycles. The van der Waals surface area contributed by atoms with Crippen molar-refractivity contribution in [1.82, 2.24) is 9.78 Å². The zero-order chi connectivity index (χ0) is 20.4. The van der Waals surface area contributed by atoms with E-state index in [0.29, 0.717) is 9.90 Å². The van der Waals surface area contributed by atoms with E-state index in [1.54, 1.807) is 4.68 Å². The molecule has 0 radical (unpaired) electrons. The number of aromatic nitrogens is 2. The highest BCUT2D eigenvalue weighted by atomic mass is 79.9. The molecule has 29 heavy (non-hydrogen) atoms. The van der Waals surface area contributed by atoms with Gasteiger partial charge in [0.2, 0.25) is 0 Å². The highest BCUT2D eigenvalue weighted by Crippen LogP contribution is 2.31. The molecule has 4 rings (SSSR count). The number of aryl methyl sites for hydroxylation is 1. The molecule has 0 saturated carbocycles. The average molecular weight is 492 g/mol. The van der Waals surface area contributed by atoms with E-state index in [1.807, 2.05) is 61.5 Å². The molecule has 2 aromatic heterocycles. The maximum atomic E-state index is 12.5. The molecule has 5 nitrogen and oxygen atoms in total. The molecule has 0 spiro atoms. The second-order valence-electron chi connectivity index (χ2n) is 6.24. The molecule has 0 saturated heterocycles. The maximum Gasteiger partial charge on any atom is 0.348 e. The van der Waals surface area contributed by atoms with Crippen molar-refractivity contribution in [3.05, 3.63) is 74.7 Å². The lowest BCUT2D eigenvalue weighted by atomic mass is 10.3. The van der Waals surface area contributed by atoms with Gasteiger partial charge in [0.25, 0.3) is 0 Å². The molecule has 2 aromatic carbocycles. The lowest BCUT2D eigenvalue weighted by molar-refractivity contribution is 0.0456. The smallest absolute Gasteiger partial charge is 0.348 e. The van der Waals surface area contributed by atoms with E-state index in [1.165, 1.54) is 11.3 Å². The predicted molar refractivity (Wildman–Crippen MR) is 119 cm³/mol. The van der Waals surface area contributed by atoms with E-state index in [4.69, 9.17) is 21.1 Å². The number of nitrogens with zero attached hydrogens (tertiary/aromatic N) is 2. The van der Waals surface area contributed by atoms with Gasteiger partial charge in [-0.2, -0.15) is 5.10 Å². The first-order valence-corrected chi connectivity index (χ1v) is 10.8. The van der Waals surface area contributed by atoms with Gasteiger partial charge in [-0.05, 0) is 55.5 Å². The summed E-state index contributed by atoms with van der Waals surface area (Å²) in [6.07, 6.45) is 0. The first kappa shape index (κ1) is 19.9. The number of ether oxygens (including phenoxy) is 2. The van der Waals surface area contributed by atoms with E-state index in [0.717, 1.165) is 31.8 Å². The molecule has 0 aliphatic heterocycles. The number of hydrogen-bond acceptors (Lipinski definition) is 5. The van der Waals surface area contributed by atoms with Gasteiger partial charge in [0.05, 0.1) is 11.4 Å². The third-order valence-corrected chi connectivity index (χ3v) is 6.05. The molecule has 2 heterocycles. The summed E-state index contributed by atoms with van der Waals surface area (Å²) in [4.78, 5) is 13.9. The summed E-state index contributed by atoms with van der Waals surface area (Å²) < 4.78 is 13.7. The summed E-state index contributed by atoms with van der Waals surface area (Å²) in [5, 5.41) is 6.12. The number of esters is 1. The minimum Gasteiger partial charge on any atom is -0.490 e. The molecule has 0 unspecified atom stereocenters. The number of thiophene rings is 1. The molecular formula is C21H16BrClN2O3S. The van der Waals surface area contributed by atoms with Crippen molar-refractivity contribution >= 4 is 55.1 Å². The zero-order valence-electron chi connectivity index (χ0n) is 15.4. The molecule has 0 N–H and O–H groups in total. The van der Waals surface area contributed by atoms with Gasteiger partial charge < -0.3 is 9.47 Å². The quantitative estimate of drug-likeness (QED) is 0.243. The van der Waals surface area contributed by atoms with E-state index in [-0.39, 0.29) is 19.2 Å². The Hall–Kier alpha value is -2.35. The van der Waals surface area contributed by atoms with Crippen molar-refractivity contribution < 1.29 is 14.3 Å². The number of halogens is 2. The van der Waals surface area contributed by atoms with E-state index < -0.39 is 0 Å². The lowest BCUT2D eigenvalue weighted by Crippen LogP contribution is -2.11. The van der Waals surface area contributed by atoms with Crippen LogP contribution in [-0.2, 0) is 4.74 Å². The first-order valence-electron chi connectivity index (χ1n) is 8.82. The maximum absolute atomic E-state index is 12.5. The molecule has 4 aromatic rings. The van der Waals surface area contributed by atoms with Crippen LogP contribution in [0.15, 0.2) is 59.1 Å². The summed E-state index contributed by atoms with van der Waals surface area (Å²) >= 11 is 10.8. The monoisotopic (exact) mass is 490 g/mol. The normalized spacial score (nSPS) is 11.0. The van der Waals surface area contributed by atoms with Crippen molar-refractivity contribution in [2.75, 3.05) is 13.2 Å². The highest BCUT2D eigenvalue weighted by molar-refractivity contribution is 9.10. The number of fused-ring (bicyclic) bond motifs is 1. The fraction of sp³-hybridized carbons (Fsp3) is 0.143. The van der Waals surface area contributed by atoms with Crippen LogP contribution in [0, 0.1) is 6.92 Å². The molecule has 148 valence electrons. The number of rotatable bonds is 6. The second kappa shape index (κ2) is 8.57. The van der Waals surface area contributed by atoms with Crippen LogP contribution in [0.3, 0.4) is 0 Å². The van der Waals surface area contributed by atoms with Gasteiger partial charge in [-0.25, -0.2) is 9.48 Å². The summed E-state index contributed by atoms with van der Waals surface area (Å²) in [6, 6.07) is 16.8. The van der Waals surface area contributed by atoms with Gasteiger partial charge in [-0.15, -0.1) is 11.3 Å². The fourth-order valence-electron chi connectivity index (χ4n) is 2.83. The fourth-order valence-corrected chi connectivity index (χ4v) is 4.35. The first-order chi connectivity index (χ1) is 14.0. The summed E-state index contributed by atoms with van der Waals surface area (Å²) in [6.45, 7) is 2.37. The SMILES string of the molecule is Cc1nn(-c2cccc(Cl)c2)c2sc(C(=O)OCCOc3ccc(Br)cc3)cc12. The Morgan fingerprint density at radius 1 is 1.17 bits per heavy atom. The van der Waals surface area contributed by atoms with Crippen molar-refractivity contribution in [1.29, 1.82) is 0 Å². The van der Waals surface area contributed by atoms with E-state index in [2.05, 4.69) is 21.0 Å². The van der Waals surface area contributed by atoms with Gasteiger partial charge in [0.15, 0.2) is 0 Å².